The van der Waals surface area contributed by atoms with Crippen LogP contribution >= 0.6 is 11.7 Å². The Morgan fingerprint density at radius 2 is 1.12 bits per heavy atom. The highest BCUT2D eigenvalue weighted by Crippen LogP contribution is 2.32. The molecule has 0 aliphatic heterocycles. The molecule has 4 heterocycles. The van der Waals surface area contributed by atoms with Crippen molar-refractivity contribution in [3.63, 3.8) is 0 Å². The predicted octanol–water partition coefficient (Wildman–Crippen LogP) is 3.88. The van der Waals surface area contributed by atoms with Crippen LogP contribution in [-0.2, 0) is 0 Å². The lowest BCUT2D eigenvalue weighted by Crippen LogP contribution is -1.93. The number of rotatable bonds is 0. The molecule has 0 unspecified atom stereocenters. The van der Waals surface area contributed by atoms with Gasteiger partial charge in [0.25, 0.3) is 0 Å². The van der Waals surface area contributed by atoms with Crippen LogP contribution in [0.15, 0.2) is 48.8 Å². The van der Waals surface area contributed by atoms with Crippen molar-refractivity contribution in [2.45, 2.75) is 0 Å². The van der Waals surface area contributed by atoms with Crippen LogP contribution in [0.4, 0.5) is 0 Å². The van der Waals surface area contributed by atoms with E-state index in [4.69, 9.17) is 9.97 Å². The average molecular weight is 340 g/mol. The highest BCUT2D eigenvalue weighted by Gasteiger charge is 2.14. The summed E-state index contributed by atoms with van der Waals surface area (Å²) in [5.41, 5.74) is 6.65. The van der Waals surface area contributed by atoms with E-state index in [1.54, 1.807) is 12.4 Å². The van der Waals surface area contributed by atoms with E-state index < -0.39 is 0 Å². The van der Waals surface area contributed by atoms with Gasteiger partial charge < -0.3 is 0 Å². The van der Waals surface area contributed by atoms with Crippen LogP contribution in [0, 0.1) is 0 Å². The van der Waals surface area contributed by atoms with Crippen LogP contribution in [-0.4, -0.2) is 28.7 Å². The number of aromatic nitrogens is 6. The van der Waals surface area contributed by atoms with Gasteiger partial charge in [-0.25, -0.2) is 9.97 Å². The van der Waals surface area contributed by atoms with Crippen LogP contribution in [0.5, 0.6) is 0 Å². The van der Waals surface area contributed by atoms with E-state index in [1.165, 1.54) is 11.7 Å². The molecule has 0 aliphatic rings. The Morgan fingerprint density at radius 1 is 0.600 bits per heavy atom. The third-order valence-corrected chi connectivity index (χ3v) is 4.95. The Hall–Kier alpha value is -3.32. The lowest BCUT2D eigenvalue weighted by atomic mass is 10.1. The number of fused-ring (bicyclic) bond motifs is 8. The molecule has 0 spiro atoms. The second-order valence-electron chi connectivity index (χ2n) is 5.81. The molecule has 0 bridgehead atoms. The fourth-order valence-electron chi connectivity index (χ4n) is 3.28. The molecule has 2 aromatic carbocycles. The highest BCUT2D eigenvalue weighted by molar-refractivity contribution is 7.00. The molecule has 0 fully saturated rings. The van der Waals surface area contributed by atoms with E-state index in [0.717, 1.165) is 54.9 Å². The van der Waals surface area contributed by atoms with Gasteiger partial charge in [-0.15, -0.1) is 0 Å². The van der Waals surface area contributed by atoms with E-state index in [2.05, 4.69) is 18.7 Å². The molecule has 0 aliphatic carbocycles. The maximum atomic E-state index is 4.89. The van der Waals surface area contributed by atoms with Gasteiger partial charge in [0.2, 0.25) is 0 Å². The quantitative estimate of drug-likeness (QED) is 0.308. The SMILES string of the molecule is c1cnc2c(c1)c1nc3cc4nsnc4cc3nc1c1cccnc12. The van der Waals surface area contributed by atoms with Crippen molar-refractivity contribution in [2.24, 2.45) is 0 Å². The number of benzene rings is 2. The highest BCUT2D eigenvalue weighted by atomic mass is 32.1. The summed E-state index contributed by atoms with van der Waals surface area (Å²) < 4.78 is 8.60. The van der Waals surface area contributed by atoms with E-state index >= 15 is 0 Å². The van der Waals surface area contributed by atoms with Crippen LogP contribution in [0.3, 0.4) is 0 Å². The van der Waals surface area contributed by atoms with Gasteiger partial charge >= 0.3 is 0 Å². The molecule has 4 aromatic heterocycles. The minimum atomic E-state index is 0.807. The van der Waals surface area contributed by atoms with E-state index in [0.29, 0.717) is 0 Å². The zero-order chi connectivity index (χ0) is 16.4. The first-order valence-electron chi connectivity index (χ1n) is 7.74. The summed E-state index contributed by atoms with van der Waals surface area (Å²) in [4.78, 5) is 18.8. The molecule has 6 rings (SSSR count). The first-order chi connectivity index (χ1) is 12.4. The average Bonchev–Trinajstić information content (AvgIpc) is 3.12. The van der Waals surface area contributed by atoms with Crippen LogP contribution in [0.2, 0.25) is 0 Å². The minimum Gasteiger partial charge on any atom is -0.254 e. The van der Waals surface area contributed by atoms with Crippen molar-refractivity contribution >= 4 is 66.6 Å². The molecule has 6 nitrogen and oxygen atoms in total. The predicted molar refractivity (Wildman–Crippen MR) is 98.6 cm³/mol. The van der Waals surface area contributed by atoms with Crippen LogP contribution in [0.1, 0.15) is 0 Å². The van der Waals surface area contributed by atoms with Crippen LogP contribution < -0.4 is 0 Å². The standard InChI is InChI=1S/C18H8N6S/c1-3-9-15(19-5-1)16-10(4-2-6-20-16)18-17(9)21-11-7-13-14(24-25-23-13)8-12(11)22-18/h1-8H. The molecular weight excluding hydrogens is 332 g/mol. The Kier molecular flexibility index (Phi) is 2.40. The smallest absolute Gasteiger partial charge is 0.107 e. The molecule has 0 atom stereocenters. The number of pyridine rings is 2. The number of nitrogens with zero attached hydrogens (tertiary/aromatic N) is 6. The second kappa shape index (κ2) is 4.61. The fraction of sp³-hybridized carbons (Fsp3) is 0. The maximum Gasteiger partial charge on any atom is 0.107 e. The molecule has 7 heteroatoms. The van der Waals surface area contributed by atoms with Gasteiger partial charge in [0.1, 0.15) is 11.0 Å². The molecule has 25 heavy (non-hydrogen) atoms. The molecule has 0 radical (unpaired) electrons. The molecule has 6 aromatic rings. The van der Waals surface area contributed by atoms with E-state index in [-0.39, 0.29) is 0 Å². The third-order valence-electron chi connectivity index (χ3n) is 4.39. The van der Waals surface area contributed by atoms with Gasteiger partial charge in [-0.3, -0.25) is 9.97 Å². The largest absolute Gasteiger partial charge is 0.254 e. The Morgan fingerprint density at radius 3 is 1.64 bits per heavy atom. The van der Waals surface area contributed by atoms with Gasteiger partial charge in [0.05, 0.1) is 44.8 Å². The lowest BCUT2D eigenvalue weighted by Gasteiger charge is -2.08. The normalized spacial score (nSPS) is 12.0. The van der Waals surface area contributed by atoms with E-state index in [1.807, 2.05) is 36.4 Å². The fourth-order valence-corrected chi connectivity index (χ4v) is 3.79. The molecule has 0 amide bonds. The summed E-state index contributed by atoms with van der Waals surface area (Å²) in [7, 11) is 0. The number of hydrogen-bond acceptors (Lipinski definition) is 7. The van der Waals surface area contributed by atoms with Crippen molar-refractivity contribution < 1.29 is 0 Å². The first kappa shape index (κ1) is 13.0. The van der Waals surface area contributed by atoms with Crippen molar-refractivity contribution in [2.75, 3.05) is 0 Å². The first-order valence-corrected chi connectivity index (χ1v) is 8.47. The van der Waals surface area contributed by atoms with Gasteiger partial charge in [-0.2, -0.15) is 8.75 Å². The summed E-state index contributed by atoms with van der Waals surface area (Å²) in [6, 6.07) is 11.7. The van der Waals surface area contributed by atoms with Crippen molar-refractivity contribution in [1.82, 2.24) is 28.7 Å². The topological polar surface area (TPSA) is 77.3 Å². The lowest BCUT2D eigenvalue weighted by molar-refractivity contribution is 1.36. The van der Waals surface area contributed by atoms with Gasteiger partial charge in [-0.1, -0.05) is 0 Å². The maximum absolute atomic E-state index is 4.89. The Balaban J connectivity index is 1.93. The zero-order valence-corrected chi connectivity index (χ0v) is 13.5. The van der Waals surface area contributed by atoms with Crippen molar-refractivity contribution in [3.05, 3.63) is 48.8 Å². The van der Waals surface area contributed by atoms with Gasteiger partial charge in [0.15, 0.2) is 0 Å². The van der Waals surface area contributed by atoms with Crippen molar-refractivity contribution in [3.8, 4) is 0 Å². The van der Waals surface area contributed by atoms with Crippen LogP contribution in [0.25, 0.3) is 54.9 Å². The summed E-state index contributed by atoms with van der Waals surface area (Å²) in [6.07, 6.45) is 3.56. The zero-order valence-electron chi connectivity index (χ0n) is 12.7. The third kappa shape index (κ3) is 1.72. The summed E-state index contributed by atoms with van der Waals surface area (Å²) in [5, 5.41) is 1.91. The van der Waals surface area contributed by atoms with E-state index in [9.17, 15) is 0 Å². The summed E-state index contributed by atoms with van der Waals surface area (Å²) >= 11 is 1.20. The molecular formula is C18H8N6S. The Bertz CT molecular complexity index is 1350. The minimum absolute atomic E-state index is 0.807. The molecule has 0 N–H and O–H groups in total. The Labute approximate surface area is 144 Å². The molecule has 0 saturated heterocycles. The molecule has 116 valence electrons. The number of hydrogen-bond donors (Lipinski definition) is 0. The monoisotopic (exact) mass is 340 g/mol. The van der Waals surface area contributed by atoms with Gasteiger partial charge in [0, 0.05) is 23.2 Å². The summed E-state index contributed by atoms with van der Waals surface area (Å²) in [5.74, 6) is 0. The van der Waals surface area contributed by atoms with Gasteiger partial charge in [-0.05, 0) is 36.4 Å². The second-order valence-corrected chi connectivity index (χ2v) is 6.34. The summed E-state index contributed by atoms with van der Waals surface area (Å²) in [6.45, 7) is 0. The molecule has 0 saturated carbocycles. The van der Waals surface area contributed by atoms with Crippen molar-refractivity contribution in [1.29, 1.82) is 0 Å².